The monoisotopic (exact) mass is 288 g/mol. The van der Waals surface area contributed by atoms with Crippen molar-refractivity contribution in [2.45, 2.75) is 25.0 Å². The molecule has 3 rings (SSSR count). The van der Waals surface area contributed by atoms with Gasteiger partial charge in [-0.25, -0.2) is 14.6 Å². The lowest BCUT2D eigenvalue weighted by atomic mass is 10.2. The van der Waals surface area contributed by atoms with Crippen LogP contribution in [0.15, 0.2) is 31.0 Å². The summed E-state index contributed by atoms with van der Waals surface area (Å²) in [5.74, 6) is 0.465. The van der Waals surface area contributed by atoms with E-state index in [4.69, 9.17) is 10.5 Å². The largest absolute Gasteiger partial charge is 0.364 e. The lowest BCUT2D eigenvalue weighted by Crippen LogP contribution is -2.29. The van der Waals surface area contributed by atoms with Crippen LogP contribution in [0.3, 0.4) is 0 Å². The van der Waals surface area contributed by atoms with Gasteiger partial charge in [0.2, 0.25) is 0 Å². The van der Waals surface area contributed by atoms with E-state index in [1.165, 1.54) is 11.0 Å². The number of nitrogens with two attached hydrogens (primary N) is 1. The Morgan fingerprint density at radius 2 is 2.38 bits per heavy atom. The van der Waals surface area contributed by atoms with E-state index in [2.05, 4.69) is 20.4 Å². The highest BCUT2D eigenvalue weighted by molar-refractivity contribution is 5.94. The van der Waals surface area contributed by atoms with E-state index in [1.54, 1.807) is 24.7 Å². The van der Waals surface area contributed by atoms with Gasteiger partial charge >= 0.3 is 0 Å². The molecule has 110 valence electrons. The Hall–Kier alpha value is -2.32. The number of carbonyl (C=O) groups is 1. The van der Waals surface area contributed by atoms with Crippen molar-refractivity contribution in [2.24, 2.45) is 5.73 Å². The van der Waals surface area contributed by atoms with Crippen molar-refractivity contribution in [3.05, 3.63) is 31.0 Å². The number of nitrogens with zero attached hydrogens (tertiary/aromatic N) is 4. The second-order valence-corrected chi connectivity index (χ2v) is 4.79. The van der Waals surface area contributed by atoms with Crippen LogP contribution < -0.4 is 11.1 Å². The van der Waals surface area contributed by atoms with Gasteiger partial charge in [0.05, 0.1) is 18.0 Å². The molecule has 0 saturated carbocycles. The Morgan fingerprint density at radius 3 is 3.00 bits per heavy atom. The normalized spacial score (nSPS) is 21.4. The lowest BCUT2D eigenvalue weighted by molar-refractivity contribution is -0.126. The summed E-state index contributed by atoms with van der Waals surface area (Å²) in [6.45, 7) is 0.442. The fourth-order valence-corrected chi connectivity index (χ4v) is 2.22. The van der Waals surface area contributed by atoms with Gasteiger partial charge < -0.3 is 15.8 Å². The molecule has 0 aliphatic carbocycles. The van der Waals surface area contributed by atoms with Crippen molar-refractivity contribution in [3.63, 3.8) is 0 Å². The summed E-state index contributed by atoms with van der Waals surface area (Å²) >= 11 is 0. The van der Waals surface area contributed by atoms with Gasteiger partial charge in [0.15, 0.2) is 5.82 Å². The molecule has 2 unspecified atom stereocenters. The highest BCUT2D eigenvalue weighted by Gasteiger charge is 2.29. The first-order chi connectivity index (χ1) is 10.3. The van der Waals surface area contributed by atoms with E-state index >= 15 is 0 Å². The molecule has 3 heterocycles. The maximum atomic E-state index is 12.1. The van der Waals surface area contributed by atoms with Gasteiger partial charge in [-0.2, -0.15) is 5.10 Å². The Bertz CT molecular complexity index is 598. The minimum absolute atomic E-state index is 0.0198. The van der Waals surface area contributed by atoms with Crippen molar-refractivity contribution in [1.29, 1.82) is 0 Å². The Labute approximate surface area is 121 Å². The number of carbonyl (C=O) groups excluding carboxylic acids is 1. The second-order valence-electron chi connectivity index (χ2n) is 4.79. The third-order valence-corrected chi connectivity index (χ3v) is 3.33. The zero-order valence-electron chi connectivity index (χ0n) is 11.3. The number of ether oxygens (including phenoxy) is 1. The summed E-state index contributed by atoms with van der Waals surface area (Å²) in [6, 6.07) is 3.51. The van der Waals surface area contributed by atoms with Crippen LogP contribution in [0.25, 0.3) is 5.82 Å². The van der Waals surface area contributed by atoms with E-state index in [0.717, 1.165) is 6.42 Å². The zero-order valence-corrected chi connectivity index (χ0v) is 11.3. The Morgan fingerprint density at radius 1 is 1.48 bits per heavy atom. The number of nitrogens with one attached hydrogen (secondary N) is 1. The number of hydrogen-bond donors (Lipinski definition) is 2. The average Bonchev–Trinajstić information content (AvgIpc) is 3.19. The smallest absolute Gasteiger partial charge is 0.253 e. The highest BCUT2D eigenvalue weighted by atomic mass is 16.5. The predicted octanol–water partition coefficient (Wildman–Crippen LogP) is 0.107. The molecule has 2 aromatic heterocycles. The molecular formula is C13H16N6O2. The Kier molecular flexibility index (Phi) is 3.89. The number of amides is 1. The number of aromatic nitrogens is 4. The van der Waals surface area contributed by atoms with Crippen LogP contribution in [-0.2, 0) is 9.53 Å². The molecule has 0 aromatic carbocycles. The van der Waals surface area contributed by atoms with Gasteiger partial charge in [-0.1, -0.05) is 0 Å². The fraction of sp³-hybridized carbons (Fsp3) is 0.385. The van der Waals surface area contributed by atoms with Gasteiger partial charge in [-0.05, 0) is 25.0 Å². The minimum Gasteiger partial charge on any atom is -0.364 e. The maximum Gasteiger partial charge on any atom is 0.253 e. The lowest BCUT2D eigenvalue weighted by Gasteiger charge is -2.12. The van der Waals surface area contributed by atoms with Crippen LogP contribution in [0.5, 0.6) is 0 Å². The van der Waals surface area contributed by atoms with E-state index in [0.29, 0.717) is 24.5 Å². The first-order valence-electron chi connectivity index (χ1n) is 6.73. The molecule has 1 fully saturated rings. The van der Waals surface area contributed by atoms with Crippen LogP contribution >= 0.6 is 0 Å². The molecule has 1 aliphatic heterocycles. The molecule has 0 radical (unpaired) electrons. The van der Waals surface area contributed by atoms with Crippen molar-refractivity contribution >= 4 is 11.6 Å². The van der Waals surface area contributed by atoms with Gasteiger partial charge in [-0.15, -0.1) is 0 Å². The van der Waals surface area contributed by atoms with Crippen LogP contribution in [-0.4, -0.2) is 44.4 Å². The van der Waals surface area contributed by atoms with E-state index in [-0.39, 0.29) is 12.0 Å². The predicted molar refractivity (Wildman–Crippen MR) is 74.7 cm³/mol. The van der Waals surface area contributed by atoms with Gasteiger partial charge in [-0.3, -0.25) is 4.79 Å². The molecule has 2 aromatic rings. The number of hydrogen-bond acceptors (Lipinski definition) is 6. The number of pyridine rings is 1. The third-order valence-electron chi connectivity index (χ3n) is 3.33. The number of anilines is 1. The van der Waals surface area contributed by atoms with E-state index in [9.17, 15) is 4.79 Å². The molecule has 8 nitrogen and oxygen atoms in total. The van der Waals surface area contributed by atoms with Crippen LogP contribution in [0, 0.1) is 0 Å². The summed E-state index contributed by atoms with van der Waals surface area (Å²) in [5.41, 5.74) is 6.15. The molecular weight excluding hydrogens is 272 g/mol. The fourth-order valence-electron chi connectivity index (χ4n) is 2.22. The van der Waals surface area contributed by atoms with Crippen molar-refractivity contribution in [1.82, 2.24) is 19.7 Å². The highest BCUT2D eigenvalue weighted by Crippen LogP contribution is 2.20. The topological polar surface area (TPSA) is 108 Å². The molecule has 21 heavy (non-hydrogen) atoms. The quantitative estimate of drug-likeness (QED) is 0.826. The minimum atomic E-state index is -0.437. The van der Waals surface area contributed by atoms with Crippen molar-refractivity contribution < 1.29 is 9.53 Å². The second kappa shape index (κ2) is 5.98. The van der Waals surface area contributed by atoms with Crippen LogP contribution in [0.1, 0.15) is 12.8 Å². The summed E-state index contributed by atoms with van der Waals surface area (Å²) in [6.07, 6.45) is 5.62. The molecule has 0 bridgehead atoms. The number of rotatable bonds is 4. The molecule has 8 heteroatoms. The van der Waals surface area contributed by atoms with Gasteiger partial charge in [0.1, 0.15) is 18.8 Å². The molecule has 0 spiro atoms. The van der Waals surface area contributed by atoms with Crippen LogP contribution in [0.4, 0.5) is 5.69 Å². The molecule has 1 amide bonds. The van der Waals surface area contributed by atoms with E-state index < -0.39 is 6.10 Å². The summed E-state index contributed by atoms with van der Waals surface area (Å²) < 4.78 is 7.09. The first kappa shape index (κ1) is 13.7. The average molecular weight is 288 g/mol. The third kappa shape index (κ3) is 3.06. The molecule has 3 N–H and O–H groups in total. The first-order valence-corrected chi connectivity index (χ1v) is 6.73. The van der Waals surface area contributed by atoms with E-state index in [1.807, 2.05) is 0 Å². The van der Waals surface area contributed by atoms with Gasteiger partial charge in [0, 0.05) is 6.54 Å². The van der Waals surface area contributed by atoms with Crippen molar-refractivity contribution in [3.8, 4) is 5.82 Å². The van der Waals surface area contributed by atoms with Gasteiger partial charge in [0.25, 0.3) is 5.91 Å². The molecule has 1 aliphatic rings. The zero-order chi connectivity index (χ0) is 14.7. The Balaban J connectivity index is 1.62. The summed E-state index contributed by atoms with van der Waals surface area (Å²) in [5, 5.41) is 6.77. The molecule has 1 saturated heterocycles. The SMILES string of the molecule is NCC1CCC(C(=O)Nc2ccc(-n3cncn3)nc2)O1. The standard InChI is InChI=1S/C13H16N6O2/c14-5-10-2-3-11(21-10)13(20)18-9-1-4-12(16-6-9)19-8-15-7-17-19/h1,4,6-8,10-11H,2-3,5,14H2,(H,18,20). The van der Waals surface area contributed by atoms with Crippen LogP contribution in [0.2, 0.25) is 0 Å². The molecule has 2 atom stereocenters. The maximum absolute atomic E-state index is 12.1. The summed E-state index contributed by atoms with van der Waals surface area (Å²) in [4.78, 5) is 20.1. The van der Waals surface area contributed by atoms with Crippen molar-refractivity contribution in [2.75, 3.05) is 11.9 Å². The summed E-state index contributed by atoms with van der Waals surface area (Å²) in [7, 11) is 0.